The first-order valence-corrected chi connectivity index (χ1v) is 13.6. The van der Waals surface area contributed by atoms with E-state index in [4.69, 9.17) is 0 Å². The minimum absolute atomic E-state index is 0.0904. The summed E-state index contributed by atoms with van der Waals surface area (Å²) in [6, 6.07) is 51.2. The molecule has 0 amide bonds. The van der Waals surface area contributed by atoms with Crippen molar-refractivity contribution in [3.63, 3.8) is 0 Å². The van der Waals surface area contributed by atoms with E-state index in [2.05, 4.69) is 149 Å². The molecule has 0 saturated heterocycles. The van der Waals surface area contributed by atoms with Crippen molar-refractivity contribution in [1.29, 1.82) is 0 Å². The highest BCUT2D eigenvalue weighted by Crippen LogP contribution is 2.46. The molecule has 0 saturated carbocycles. The molecule has 0 spiro atoms. The summed E-state index contributed by atoms with van der Waals surface area (Å²) >= 11 is 0. The quantitative estimate of drug-likeness (QED) is 0.213. The summed E-state index contributed by atoms with van der Waals surface area (Å²) in [5.41, 5.74) is 14.1. The predicted molar refractivity (Wildman–Crippen MR) is 165 cm³/mol. The van der Waals surface area contributed by atoms with E-state index in [0.29, 0.717) is 0 Å². The normalized spacial score (nSPS) is 13.0. The van der Waals surface area contributed by atoms with Gasteiger partial charge in [-0.3, -0.25) is 0 Å². The fourth-order valence-corrected chi connectivity index (χ4v) is 7.00. The van der Waals surface area contributed by atoms with E-state index in [9.17, 15) is 0 Å². The lowest BCUT2D eigenvalue weighted by Gasteiger charge is -2.43. The third-order valence-corrected chi connectivity index (χ3v) is 8.57. The van der Waals surface area contributed by atoms with Gasteiger partial charge in [0.15, 0.2) is 0 Å². The zero-order valence-corrected chi connectivity index (χ0v) is 21.3. The van der Waals surface area contributed by atoms with Crippen LogP contribution in [-0.2, 0) is 0 Å². The molecule has 0 unspecified atom stereocenters. The second-order valence-electron chi connectivity index (χ2n) is 10.5. The Morgan fingerprint density at radius 3 is 1.82 bits per heavy atom. The average molecular weight is 494 g/mol. The van der Waals surface area contributed by atoms with Gasteiger partial charge in [-0.15, -0.1) is 0 Å². The van der Waals surface area contributed by atoms with Gasteiger partial charge in [-0.2, -0.15) is 0 Å². The third-order valence-electron chi connectivity index (χ3n) is 8.57. The Hall–Kier alpha value is -5.02. The Labute approximate surface area is 227 Å². The zero-order chi connectivity index (χ0) is 25.5. The lowest BCUT2D eigenvalue weighted by molar-refractivity contribution is 1.18. The van der Waals surface area contributed by atoms with Crippen LogP contribution < -0.4 is 15.7 Å². The first kappa shape index (κ1) is 21.0. The highest BCUT2D eigenvalue weighted by atomic mass is 15.1. The molecular formula is C36H23BN2. The minimum Gasteiger partial charge on any atom is -0.376 e. The van der Waals surface area contributed by atoms with Crippen molar-refractivity contribution in [2.75, 3.05) is 4.81 Å². The van der Waals surface area contributed by atoms with Gasteiger partial charge in [-0.05, 0) is 64.5 Å². The van der Waals surface area contributed by atoms with Crippen LogP contribution in [0.5, 0.6) is 0 Å². The first-order valence-electron chi connectivity index (χ1n) is 13.6. The maximum absolute atomic E-state index is 2.57. The summed E-state index contributed by atoms with van der Waals surface area (Å²) in [5.74, 6) is 0. The van der Waals surface area contributed by atoms with Crippen LogP contribution in [0.1, 0.15) is 0 Å². The third kappa shape index (κ3) is 2.77. The number of aromatic nitrogens is 1. The Kier molecular flexibility index (Phi) is 4.17. The number of para-hydroxylation sites is 4. The molecule has 39 heavy (non-hydrogen) atoms. The lowest BCUT2D eigenvalue weighted by atomic mass is 9.43. The highest BCUT2D eigenvalue weighted by Gasteiger charge is 2.42. The molecule has 2 nitrogen and oxygen atoms in total. The molecule has 0 radical (unpaired) electrons. The van der Waals surface area contributed by atoms with Crippen LogP contribution in [0, 0.1) is 0 Å². The number of anilines is 2. The van der Waals surface area contributed by atoms with Gasteiger partial charge < -0.3 is 9.38 Å². The monoisotopic (exact) mass is 494 g/mol. The lowest BCUT2D eigenvalue weighted by Crippen LogP contribution is -2.59. The van der Waals surface area contributed by atoms with Gasteiger partial charge in [0.1, 0.15) is 0 Å². The van der Waals surface area contributed by atoms with Crippen LogP contribution in [0.3, 0.4) is 0 Å². The number of hydrogen-bond acceptors (Lipinski definition) is 1. The van der Waals surface area contributed by atoms with Crippen LogP contribution in [0.15, 0.2) is 140 Å². The Balaban J connectivity index is 1.44. The molecule has 180 valence electrons. The largest absolute Gasteiger partial charge is 0.376 e. The fraction of sp³-hybridized carbons (Fsp3) is 0. The molecule has 0 bridgehead atoms. The Morgan fingerprint density at radius 1 is 0.410 bits per heavy atom. The van der Waals surface area contributed by atoms with Gasteiger partial charge in [0, 0.05) is 39.0 Å². The molecule has 1 aromatic heterocycles. The molecule has 7 aromatic rings. The van der Waals surface area contributed by atoms with E-state index in [1.807, 2.05) is 0 Å². The van der Waals surface area contributed by atoms with Gasteiger partial charge in [0.2, 0.25) is 0 Å². The van der Waals surface area contributed by atoms with Crippen molar-refractivity contribution in [3.05, 3.63) is 140 Å². The first-order chi connectivity index (χ1) is 19.4. The standard InChI is InChI=1S/C36H23BN2/c1-2-12-24(13-3-1)38-33-19-9-5-17-28(33)30-22-29-27-16-7-11-21-35(27)39-34-20-10-6-15-26(34)25-14-4-8-18-31(25)37(39)32(29)23-36(30)38/h1-23H. The average Bonchev–Trinajstić information content (AvgIpc) is 3.33. The highest BCUT2D eigenvalue weighted by molar-refractivity contribution is 6.92. The molecule has 3 heterocycles. The van der Waals surface area contributed by atoms with Gasteiger partial charge in [-0.1, -0.05) is 97.1 Å². The summed E-state index contributed by atoms with van der Waals surface area (Å²) in [4.78, 5) is 2.57. The summed E-state index contributed by atoms with van der Waals surface area (Å²) in [7, 11) is 0. The van der Waals surface area contributed by atoms with Gasteiger partial charge in [0.05, 0.1) is 11.0 Å². The number of benzene rings is 6. The summed E-state index contributed by atoms with van der Waals surface area (Å²) in [6.07, 6.45) is 0. The second-order valence-corrected chi connectivity index (χ2v) is 10.5. The molecule has 6 aromatic carbocycles. The predicted octanol–water partition coefficient (Wildman–Crippen LogP) is 7.69. The molecule has 0 aliphatic carbocycles. The van der Waals surface area contributed by atoms with Crippen molar-refractivity contribution in [2.45, 2.75) is 0 Å². The van der Waals surface area contributed by atoms with E-state index in [-0.39, 0.29) is 6.85 Å². The smallest absolute Gasteiger partial charge is 0.329 e. The number of nitrogens with zero attached hydrogens (tertiary/aromatic N) is 2. The van der Waals surface area contributed by atoms with Crippen LogP contribution in [0.2, 0.25) is 0 Å². The summed E-state index contributed by atoms with van der Waals surface area (Å²) in [5, 5.41) is 2.58. The Bertz CT molecular complexity index is 2090. The van der Waals surface area contributed by atoms with Crippen molar-refractivity contribution >= 4 is 51.0 Å². The molecule has 0 fully saturated rings. The van der Waals surface area contributed by atoms with E-state index in [1.165, 1.54) is 72.0 Å². The van der Waals surface area contributed by atoms with Crippen LogP contribution in [-0.4, -0.2) is 11.4 Å². The zero-order valence-electron chi connectivity index (χ0n) is 21.3. The van der Waals surface area contributed by atoms with Gasteiger partial charge in [-0.25, -0.2) is 0 Å². The van der Waals surface area contributed by atoms with E-state index in [0.717, 1.165) is 0 Å². The maximum Gasteiger partial charge on any atom is 0.329 e. The number of hydrogen-bond donors (Lipinski definition) is 0. The van der Waals surface area contributed by atoms with Crippen LogP contribution in [0.4, 0.5) is 11.4 Å². The molecule has 3 heteroatoms. The van der Waals surface area contributed by atoms with Crippen molar-refractivity contribution in [2.24, 2.45) is 0 Å². The van der Waals surface area contributed by atoms with E-state index in [1.54, 1.807) is 0 Å². The minimum atomic E-state index is 0.0904. The SMILES string of the molecule is c1ccc(-n2c3ccccc3c3cc4c(cc32)B2c3ccccc3-c3ccccc3N2c2ccccc2-4)cc1. The number of rotatable bonds is 1. The van der Waals surface area contributed by atoms with Crippen LogP contribution >= 0.6 is 0 Å². The van der Waals surface area contributed by atoms with Crippen LogP contribution in [0.25, 0.3) is 49.7 Å². The molecule has 0 N–H and O–H groups in total. The molecule has 2 aliphatic rings. The molecule has 9 rings (SSSR count). The molecular weight excluding hydrogens is 471 g/mol. The van der Waals surface area contributed by atoms with E-state index < -0.39 is 0 Å². The van der Waals surface area contributed by atoms with Crippen molar-refractivity contribution in [1.82, 2.24) is 4.57 Å². The summed E-state index contributed by atoms with van der Waals surface area (Å²) in [6.45, 7) is 0.0904. The number of fused-ring (bicyclic) bond motifs is 14. The molecule has 2 aliphatic heterocycles. The second kappa shape index (κ2) is 7.75. The Morgan fingerprint density at radius 2 is 1.03 bits per heavy atom. The maximum atomic E-state index is 2.57. The van der Waals surface area contributed by atoms with Gasteiger partial charge >= 0.3 is 6.85 Å². The molecule has 0 atom stereocenters. The van der Waals surface area contributed by atoms with Gasteiger partial charge in [0.25, 0.3) is 0 Å². The summed E-state index contributed by atoms with van der Waals surface area (Å²) < 4.78 is 2.43. The fourth-order valence-electron chi connectivity index (χ4n) is 7.00. The van der Waals surface area contributed by atoms with Crippen molar-refractivity contribution in [3.8, 4) is 27.9 Å². The topological polar surface area (TPSA) is 8.17 Å². The van der Waals surface area contributed by atoms with Crippen molar-refractivity contribution < 1.29 is 0 Å². The van der Waals surface area contributed by atoms with E-state index >= 15 is 0 Å².